The van der Waals surface area contributed by atoms with Crippen molar-refractivity contribution >= 4 is 28.6 Å². The third-order valence-corrected chi connectivity index (χ3v) is 1.17. The predicted octanol–water partition coefficient (Wildman–Crippen LogP) is 1.26. The van der Waals surface area contributed by atoms with Gasteiger partial charge in [-0.15, -0.1) is 0 Å². The summed E-state index contributed by atoms with van der Waals surface area (Å²) in [6, 6.07) is 0. The van der Waals surface area contributed by atoms with E-state index in [-0.39, 0.29) is 12.5 Å². The van der Waals surface area contributed by atoms with Crippen LogP contribution >= 0.6 is 22.6 Å². The van der Waals surface area contributed by atoms with Crippen LogP contribution in [-0.4, -0.2) is 21.8 Å². The van der Waals surface area contributed by atoms with E-state index < -0.39 is 5.97 Å². The molecule has 0 rings (SSSR count). The Bertz CT molecular complexity index is 94.2. The predicted molar refractivity (Wildman–Crippen MR) is 41.7 cm³/mol. The van der Waals surface area contributed by atoms with Crippen molar-refractivity contribution in [3.63, 3.8) is 0 Å². The molecule has 0 spiro atoms. The van der Waals surface area contributed by atoms with Crippen LogP contribution in [0, 0.1) is 0 Å². The fourth-order valence-corrected chi connectivity index (χ4v) is 1.03. The lowest BCUT2D eigenvalue weighted by atomic mass is 10.3. The summed E-state index contributed by atoms with van der Waals surface area (Å²) in [6.45, 7) is 1.74. The molecule has 1 N–H and O–H groups in total. The van der Waals surface area contributed by atoms with Crippen LogP contribution in [0.2, 0.25) is 0 Å². The maximum absolute atomic E-state index is 10.0. The van der Waals surface area contributed by atoms with Gasteiger partial charge in [-0.05, 0) is 6.92 Å². The molecule has 0 aromatic heterocycles. The summed E-state index contributed by atoms with van der Waals surface area (Å²) in [7, 11) is 0. The lowest BCUT2D eigenvalue weighted by Crippen LogP contribution is -2.12. The first-order valence-electron chi connectivity index (χ1n) is 2.56. The first-order valence-corrected chi connectivity index (χ1v) is 4.08. The summed E-state index contributed by atoms with van der Waals surface area (Å²) in [5.74, 6) is -0.813. The average molecular weight is 244 g/mol. The SMILES string of the molecule is CC(CC(=O)O)OCI. The molecule has 0 fully saturated rings. The van der Waals surface area contributed by atoms with Gasteiger partial charge in [-0.25, -0.2) is 0 Å². The molecule has 0 heterocycles. The minimum atomic E-state index is -0.813. The molecule has 0 saturated heterocycles. The number of aliphatic carboxylic acids is 1. The Hall–Kier alpha value is 0.160. The normalized spacial score (nSPS) is 13.1. The van der Waals surface area contributed by atoms with Gasteiger partial charge in [0, 0.05) is 0 Å². The topological polar surface area (TPSA) is 46.5 Å². The lowest BCUT2D eigenvalue weighted by Gasteiger charge is -2.05. The summed E-state index contributed by atoms with van der Waals surface area (Å²) in [5, 5.41) is 8.23. The van der Waals surface area contributed by atoms with Crippen LogP contribution < -0.4 is 0 Å². The molecule has 0 aliphatic rings. The molecular formula is C5H9IO3. The van der Waals surface area contributed by atoms with E-state index in [2.05, 4.69) is 0 Å². The quantitative estimate of drug-likeness (QED) is 0.598. The summed E-state index contributed by atoms with van der Waals surface area (Å²) >= 11 is 2.03. The van der Waals surface area contributed by atoms with E-state index in [4.69, 9.17) is 9.84 Å². The molecule has 0 radical (unpaired) electrons. The monoisotopic (exact) mass is 244 g/mol. The average Bonchev–Trinajstić information content (AvgIpc) is 1.63. The van der Waals surface area contributed by atoms with Gasteiger partial charge in [0.25, 0.3) is 0 Å². The van der Waals surface area contributed by atoms with Gasteiger partial charge in [0.15, 0.2) is 0 Å². The molecule has 0 amide bonds. The van der Waals surface area contributed by atoms with E-state index in [0.29, 0.717) is 4.61 Å². The van der Waals surface area contributed by atoms with Crippen LogP contribution in [0.1, 0.15) is 13.3 Å². The minimum Gasteiger partial charge on any atom is -0.481 e. The number of carboxylic acid groups (broad SMARTS) is 1. The van der Waals surface area contributed by atoms with E-state index in [1.807, 2.05) is 22.6 Å². The Kier molecular flexibility index (Phi) is 5.07. The number of carboxylic acids is 1. The van der Waals surface area contributed by atoms with Gasteiger partial charge in [-0.2, -0.15) is 0 Å². The number of rotatable bonds is 4. The molecule has 1 unspecified atom stereocenters. The highest BCUT2D eigenvalue weighted by atomic mass is 127. The van der Waals surface area contributed by atoms with Crippen LogP contribution in [0.25, 0.3) is 0 Å². The van der Waals surface area contributed by atoms with E-state index >= 15 is 0 Å². The molecule has 0 bridgehead atoms. The third-order valence-electron chi connectivity index (χ3n) is 0.810. The highest BCUT2D eigenvalue weighted by molar-refractivity contribution is 14.1. The number of hydrogen-bond acceptors (Lipinski definition) is 2. The molecule has 9 heavy (non-hydrogen) atoms. The fourth-order valence-electron chi connectivity index (χ4n) is 0.412. The zero-order chi connectivity index (χ0) is 7.28. The number of halogens is 1. The van der Waals surface area contributed by atoms with Crippen molar-refractivity contribution in [2.75, 3.05) is 4.61 Å². The van der Waals surface area contributed by atoms with Crippen LogP contribution in [0.15, 0.2) is 0 Å². The van der Waals surface area contributed by atoms with E-state index in [1.54, 1.807) is 6.92 Å². The lowest BCUT2D eigenvalue weighted by molar-refractivity contribution is -0.139. The van der Waals surface area contributed by atoms with Crippen molar-refractivity contribution in [2.24, 2.45) is 0 Å². The van der Waals surface area contributed by atoms with E-state index in [1.165, 1.54) is 0 Å². The number of hydrogen-bond donors (Lipinski definition) is 1. The fraction of sp³-hybridized carbons (Fsp3) is 0.800. The molecule has 1 atom stereocenters. The third kappa shape index (κ3) is 6.04. The standard InChI is InChI=1S/C5H9IO3/c1-4(9-3-6)2-5(7)8/h4H,2-3H2,1H3,(H,7,8). The summed E-state index contributed by atoms with van der Waals surface area (Å²) in [5.41, 5.74) is 0. The molecule has 0 aliphatic carbocycles. The Morgan fingerprint density at radius 2 is 2.44 bits per heavy atom. The zero-order valence-corrected chi connectivity index (χ0v) is 7.29. The number of ether oxygens (including phenoxy) is 1. The minimum absolute atomic E-state index is 0.0863. The van der Waals surface area contributed by atoms with Crippen LogP contribution in [0.4, 0.5) is 0 Å². The molecule has 4 heteroatoms. The highest BCUT2D eigenvalue weighted by Gasteiger charge is 2.05. The van der Waals surface area contributed by atoms with Crippen LogP contribution in [-0.2, 0) is 9.53 Å². The first-order chi connectivity index (χ1) is 4.16. The molecule has 0 aromatic rings. The Morgan fingerprint density at radius 1 is 1.89 bits per heavy atom. The molecule has 0 aromatic carbocycles. The summed E-state index contributed by atoms with van der Waals surface area (Å²) in [4.78, 5) is 10.0. The molecule has 3 nitrogen and oxygen atoms in total. The van der Waals surface area contributed by atoms with Crippen molar-refractivity contribution in [1.29, 1.82) is 0 Å². The largest absolute Gasteiger partial charge is 0.481 e. The van der Waals surface area contributed by atoms with Gasteiger partial charge in [0.1, 0.15) is 0 Å². The second-order valence-electron chi connectivity index (χ2n) is 1.68. The molecule has 0 aliphatic heterocycles. The van der Waals surface area contributed by atoms with Crippen molar-refractivity contribution in [3.05, 3.63) is 0 Å². The smallest absolute Gasteiger partial charge is 0.305 e. The molecule has 0 saturated carbocycles. The van der Waals surface area contributed by atoms with Gasteiger partial charge in [-0.3, -0.25) is 4.79 Å². The number of alkyl halides is 1. The Balaban J connectivity index is 3.26. The molecule has 54 valence electrons. The Morgan fingerprint density at radius 3 is 2.78 bits per heavy atom. The van der Waals surface area contributed by atoms with Crippen molar-refractivity contribution in [2.45, 2.75) is 19.4 Å². The zero-order valence-electron chi connectivity index (χ0n) is 5.13. The van der Waals surface area contributed by atoms with Crippen LogP contribution in [0.3, 0.4) is 0 Å². The van der Waals surface area contributed by atoms with Gasteiger partial charge >= 0.3 is 5.97 Å². The number of carbonyl (C=O) groups is 1. The summed E-state index contributed by atoms with van der Waals surface area (Å²) in [6.07, 6.45) is -0.0809. The maximum Gasteiger partial charge on any atom is 0.305 e. The van der Waals surface area contributed by atoms with Crippen molar-refractivity contribution in [1.82, 2.24) is 0 Å². The second-order valence-corrected chi connectivity index (χ2v) is 2.31. The van der Waals surface area contributed by atoms with E-state index in [0.717, 1.165) is 0 Å². The second kappa shape index (κ2) is 4.99. The van der Waals surface area contributed by atoms with Crippen molar-refractivity contribution in [3.8, 4) is 0 Å². The highest BCUT2D eigenvalue weighted by Crippen LogP contribution is 1.98. The van der Waals surface area contributed by atoms with Crippen LogP contribution in [0.5, 0.6) is 0 Å². The van der Waals surface area contributed by atoms with Gasteiger partial charge in [-0.1, -0.05) is 22.6 Å². The Labute approximate surface area is 67.5 Å². The van der Waals surface area contributed by atoms with Gasteiger partial charge < -0.3 is 9.84 Å². The van der Waals surface area contributed by atoms with Gasteiger partial charge in [0.2, 0.25) is 0 Å². The maximum atomic E-state index is 10.0. The summed E-state index contributed by atoms with van der Waals surface area (Å²) < 4.78 is 5.51. The van der Waals surface area contributed by atoms with E-state index in [9.17, 15) is 4.79 Å². The van der Waals surface area contributed by atoms with Gasteiger partial charge in [0.05, 0.1) is 17.1 Å². The van der Waals surface area contributed by atoms with Crippen molar-refractivity contribution < 1.29 is 14.6 Å². The molecular weight excluding hydrogens is 235 g/mol. The first kappa shape index (κ1) is 9.16.